The lowest BCUT2D eigenvalue weighted by molar-refractivity contribution is -0.136. The number of benzene rings is 1. The molecule has 1 saturated heterocycles. The van der Waals surface area contributed by atoms with Crippen molar-refractivity contribution in [3.8, 4) is 0 Å². The van der Waals surface area contributed by atoms with Crippen LogP contribution in [0.2, 0.25) is 0 Å². The Hall–Kier alpha value is -2.03. The maximum Gasteiger partial charge on any atom is 0.245 e. The van der Waals surface area contributed by atoms with E-state index in [1.54, 1.807) is 0 Å². The lowest BCUT2D eigenvalue weighted by atomic mass is 9.97. The third kappa shape index (κ3) is 9.22. The van der Waals surface area contributed by atoms with E-state index in [4.69, 9.17) is 5.73 Å². The van der Waals surface area contributed by atoms with Crippen molar-refractivity contribution >= 4 is 23.6 Å². The predicted octanol–water partition coefficient (Wildman–Crippen LogP) is 1.36. The van der Waals surface area contributed by atoms with E-state index in [9.17, 15) is 9.59 Å². The van der Waals surface area contributed by atoms with Gasteiger partial charge in [0.2, 0.25) is 11.8 Å². The molecule has 32 heavy (non-hydrogen) atoms. The Kier molecular flexibility index (Phi) is 12.2. The monoisotopic (exact) mass is 461 g/mol. The van der Waals surface area contributed by atoms with Crippen LogP contribution in [0.1, 0.15) is 24.8 Å². The number of nitrogens with one attached hydrogen (secondary N) is 3. The number of hydrogen-bond donors (Lipinski definition) is 4. The van der Waals surface area contributed by atoms with Crippen LogP contribution in [0.4, 0.5) is 0 Å². The van der Waals surface area contributed by atoms with Gasteiger partial charge in [0.1, 0.15) is 6.04 Å². The van der Waals surface area contributed by atoms with Crippen LogP contribution < -0.4 is 21.7 Å². The third-order valence-electron chi connectivity index (χ3n) is 5.67. The van der Waals surface area contributed by atoms with Gasteiger partial charge in [0.25, 0.3) is 0 Å². The van der Waals surface area contributed by atoms with Crippen LogP contribution in [0.25, 0.3) is 0 Å². The summed E-state index contributed by atoms with van der Waals surface area (Å²) in [6.07, 6.45) is 3.21. The fraction of sp³-hybridized carbons (Fsp3) is 0.583. The second kappa shape index (κ2) is 14.9. The average molecular weight is 462 g/mol. The van der Waals surface area contributed by atoms with E-state index in [1.165, 1.54) is 5.56 Å². The summed E-state index contributed by atoms with van der Waals surface area (Å²) in [6.45, 7) is 6.93. The van der Waals surface area contributed by atoms with Gasteiger partial charge in [-0.25, -0.2) is 0 Å². The van der Waals surface area contributed by atoms with Crippen molar-refractivity contribution in [2.24, 2.45) is 11.7 Å². The van der Waals surface area contributed by atoms with Gasteiger partial charge in [-0.05, 0) is 50.6 Å². The molecule has 0 spiro atoms. The molecule has 0 radical (unpaired) electrons. The number of nitrogens with two attached hydrogens (primary N) is 1. The first kappa shape index (κ1) is 26.2. The number of nitrogens with zero attached hydrogens (tertiary/aromatic N) is 1. The molecule has 8 heteroatoms. The maximum atomic E-state index is 13.1. The number of amides is 2. The van der Waals surface area contributed by atoms with Gasteiger partial charge in [-0.15, -0.1) is 0 Å². The molecule has 0 saturated carbocycles. The molecule has 2 amide bonds. The maximum absolute atomic E-state index is 13.1. The van der Waals surface area contributed by atoms with E-state index in [0.717, 1.165) is 56.1 Å². The second-order valence-corrected chi connectivity index (χ2v) is 9.38. The van der Waals surface area contributed by atoms with Crippen LogP contribution in [0.15, 0.2) is 42.6 Å². The zero-order valence-electron chi connectivity index (χ0n) is 19.3. The highest BCUT2D eigenvalue weighted by Crippen LogP contribution is 2.14. The van der Waals surface area contributed by atoms with Crippen molar-refractivity contribution < 1.29 is 9.59 Å². The topological polar surface area (TPSA) is 99.5 Å². The van der Waals surface area contributed by atoms with Gasteiger partial charge in [-0.2, -0.15) is 11.8 Å². The van der Waals surface area contributed by atoms with Crippen molar-refractivity contribution in [1.29, 1.82) is 0 Å². The SMILES string of the molecule is C=C(NCC(=O)NC(CCCNC)C(=O)N1CCCSCC1)C(CN)Cc1ccccc1. The van der Waals surface area contributed by atoms with Gasteiger partial charge in [0.15, 0.2) is 0 Å². The van der Waals surface area contributed by atoms with E-state index < -0.39 is 6.04 Å². The van der Waals surface area contributed by atoms with Crippen LogP contribution >= 0.6 is 11.8 Å². The lowest BCUT2D eigenvalue weighted by Crippen LogP contribution is -2.51. The number of carbonyl (C=O) groups is 2. The standard InChI is InChI=1S/C24H39N5O2S/c1-19(21(17-25)16-20-8-4-3-5-9-20)27-18-23(30)28-22(10-6-11-26-2)24(31)29-12-7-14-32-15-13-29/h3-5,8-9,21-22,26-27H,1,6-7,10-18,25H2,2H3,(H,28,30). The molecule has 1 fully saturated rings. The van der Waals surface area contributed by atoms with Gasteiger partial charge < -0.3 is 26.6 Å². The molecule has 0 aromatic heterocycles. The Morgan fingerprint density at radius 1 is 1.22 bits per heavy atom. The summed E-state index contributed by atoms with van der Waals surface area (Å²) >= 11 is 1.88. The van der Waals surface area contributed by atoms with E-state index in [0.29, 0.717) is 13.0 Å². The molecule has 0 aliphatic carbocycles. The molecule has 1 aromatic carbocycles. The number of hydrogen-bond acceptors (Lipinski definition) is 6. The van der Waals surface area contributed by atoms with Crippen molar-refractivity contribution in [1.82, 2.24) is 20.9 Å². The predicted molar refractivity (Wildman–Crippen MR) is 133 cm³/mol. The van der Waals surface area contributed by atoms with E-state index >= 15 is 0 Å². The van der Waals surface area contributed by atoms with Crippen LogP contribution in [0.5, 0.6) is 0 Å². The third-order valence-corrected chi connectivity index (χ3v) is 6.71. The quantitative estimate of drug-likeness (QED) is 0.331. The molecule has 0 bridgehead atoms. The summed E-state index contributed by atoms with van der Waals surface area (Å²) in [5.74, 6) is 1.89. The zero-order valence-corrected chi connectivity index (χ0v) is 20.1. The molecule has 7 nitrogen and oxygen atoms in total. The van der Waals surface area contributed by atoms with Crippen LogP contribution in [0, 0.1) is 5.92 Å². The highest BCUT2D eigenvalue weighted by atomic mass is 32.2. The van der Waals surface area contributed by atoms with E-state index in [1.807, 2.05) is 41.9 Å². The minimum Gasteiger partial charge on any atom is -0.380 e. The fourth-order valence-electron chi connectivity index (χ4n) is 3.76. The highest BCUT2D eigenvalue weighted by molar-refractivity contribution is 7.99. The Balaban J connectivity index is 1.88. The smallest absolute Gasteiger partial charge is 0.245 e. The minimum atomic E-state index is -0.497. The molecule has 1 heterocycles. The molecule has 5 N–H and O–H groups in total. The first-order chi connectivity index (χ1) is 15.5. The number of rotatable bonds is 13. The van der Waals surface area contributed by atoms with Crippen molar-refractivity contribution in [2.75, 3.05) is 51.3 Å². The molecule has 178 valence electrons. The molecule has 2 unspecified atom stereocenters. The van der Waals surface area contributed by atoms with Gasteiger partial charge in [-0.3, -0.25) is 9.59 Å². The molecule has 1 aliphatic rings. The highest BCUT2D eigenvalue weighted by Gasteiger charge is 2.26. The Labute approximate surface area is 197 Å². The molecular weight excluding hydrogens is 422 g/mol. The lowest BCUT2D eigenvalue weighted by Gasteiger charge is -2.27. The van der Waals surface area contributed by atoms with Crippen LogP contribution in [-0.4, -0.2) is 74.0 Å². The van der Waals surface area contributed by atoms with Crippen LogP contribution in [-0.2, 0) is 16.0 Å². The van der Waals surface area contributed by atoms with Crippen molar-refractivity contribution in [3.05, 3.63) is 48.2 Å². The summed E-state index contributed by atoms with van der Waals surface area (Å²) in [5, 5.41) is 9.19. The summed E-state index contributed by atoms with van der Waals surface area (Å²) in [7, 11) is 1.89. The first-order valence-electron chi connectivity index (χ1n) is 11.5. The zero-order chi connectivity index (χ0) is 23.2. The molecule has 1 aliphatic heterocycles. The molecule has 2 rings (SSSR count). The molecular formula is C24H39N5O2S. The second-order valence-electron chi connectivity index (χ2n) is 8.16. The summed E-state index contributed by atoms with van der Waals surface area (Å²) in [4.78, 5) is 27.7. The summed E-state index contributed by atoms with van der Waals surface area (Å²) in [5.41, 5.74) is 7.88. The normalized spacial score (nSPS) is 16.0. The number of thioether (sulfide) groups is 1. The number of carbonyl (C=O) groups excluding carboxylic acids is 2. The van der Waals surface area contributed by atoms with Gasteiger partial charge in [0.05, 0.1) is 6.54 Å². The molecule has 2 atom stereocenters. The Morgan fingerprint density at radius 2 is 2.00 bits per heavy atom. The average Bonchev–Trinajstić information content (AvgIpc) is 3.10. The van der Waals surface area contributed by atoms with Gasteiger partial charge in [0, 0.05) is 37.0 Å². The van der Waals surface area contributed by atoms with Crippen LogP contribution in [0.3, 0.4) is 0 Å². The molecule has 1 aromatic rings. The van der Waals surface area contributed by atoms with Crippen molar-refractivity contribution in [2.45, 2.75) is 31.7 Å². The summed E-state index contributed by atoms with van der Waals surface area (Å²) < 4.78 is 0. The van der Waals surface area contributed by atoms with Gasteiger partial charge >= 0.3 is 0 Å². The van der Waals surface area contributed by atoms with Crippen molar-refractivity contribution in [3.63, 3.8) is 0 Å². The fourth-order valence-corrected chi connectivity index (χ4v) is 4.64. The Bertz CT molecular complexity index is 708. The van der Waals surface area contributed by atoms with E-state index in [-0.39, 0.29) is 24.3 Å². The largest absolute Gasteiger partial charge is 0.380 e. The minimum absolute atomic E-state index is 0.0275. The summed E-state index contributed by atoms with van der Waals surface area (Å²) in [6, 6.07) is 9.61. The van der Waals surface area contributed by atoms with Gasteiger partial charge in [-0.1, -0.05) is 36.9 Å². The first-order valence-corrected chi connectivity index (χ1v) is 12.7. The Morgan fingerprint density at radius 3 is 2.72 bits per heavy atom. The van der Waals surface area contributed by atoms with E-state index in [2.05, 4.69) is 34.7 Å².